The molecule has 0 spiro atoms. The molecule has 0 bridgehead atoms. The number of nitrogen functional groups attached to an aromatic ring is 1. The predicted molar refractivity (Wildman–Crippen MR) is 131 cm³/mol. The van der Waals surface area contributed by atoms with Crippen molar-refractivity contribution in [2.45, 2.75) is 48.4 Å². The molecule has 1 unspecified atom stereocenters. The van der Waals surface area contributed by atoms with Gasteiger partial charge in [0.2, 0.25) is 11.9 Å². The van der Waals surface area contributed by atoms with Crippen molar-refractivity contribution in [1.29, 1.82) is 0 Å². The first-order valence-corrected chi connectivity index (χ1v) is 12.0. The molecule has 4 aliphatic heterocycles. The molecule has 42 heavy (non-hydrogen) atoms. The smallest absolute Gasteiger partial charge is 0.354 e. The third-order valence-electron chi connectivity index (χ3n) is 6.98. The number of urea groups is 1. The van der Waals surface area contributed by atoms with E-state index < -0.39 is 108 Å². The maximum Gasteiger partial charge on any atom is 0.354 e. The van der Waals surface area contributed by atoms with Crippen LogP contribution in [0.15, 0.2) is 26.1 Å². The number of ether oxygens (including phenoxy) is 3. The summed E-state index contributed by atoms with van der Waals surface area (Å²) in [5.41, 5.74) is 8.97. The summed E-state index contributed by atoms with van der Waals surface area (Å²) in [7, 11) is 0. The number of aromatic nitrogens is 4. The SMILES string of the molecule is NC1=NC(=O)C2=NC(=O)N([C@]3(O[C@@]4(n5cnc6c(=O)[nH]c(N)nc65)O[C@H](CO)[C@@H](O)[C@H]4O)O[C@H](CO)[C@@H](O)C3O)C2=N1. The van der Waals surface area contributed by atoms with Crippen LogP contribution in [-0.2, 0) is 24.9 Å². The quantitative estimate of drug-likeness (QED) is 0.150. The molecule has 2 saturated heterocycles. The van der Waals surface area contributed by atoms with Crippen LogP contribution in [0.1, 0.15) is 0 Å². The summed E-state index contributed by atoms with van der Waals surface area (Å²) < 4.78 is 18.3. The maximum absolute atomic E-state index is 13.3. The van der Waals surface area contributed by atoms with Gasteiger partial charge in [-0.05, 0) is 0 Å². The van der Waals surface area contributed by atoms with Crippen molar-refractivity contribution in [2.24, 2.45) is 20.7 Å². The highest BCUT2D eigenvalue weighted by Crippen LogP contribution is 2.47. The Hall–Kier alpha value is -4.26. The summed E-state index contributed by atoms with van der Waals surface area (Å²) in [6.45, 7) is -1.89. The zero-order chi connectivity index (χ0) is 30.3. The van der Waals surface area contributed by atoms with Crippen molar-refractivity contribution in [1.82, 2.24) is 24.4 Å². The highest BCUT2D eigenvalue weighted by atomic mass is 16.8. The number of aliphatic imine (C=N–C) groups is 3. The van der Waals surface area contributed by atoms with Crippen LogP contribution in [0.3, 0.4) is 0 Å². The number of guanidine groups is 1. The van der Waals surface area contributed by atoms with E-state index in [1.165, 1.54) is 0 Å². The van der Waals surface area contributed by atoms with Crippen molar-refractivity contribution >= 4 is 46.6 Å². The van der Waals surface area contributed by atoms with Crippen LogP contribution in [0.5, 0.6) is 0 Å². The molecule has 3 amide bonds. The molecule has 22 heteroatoms. The topological polar surface area (TPSA) is 339 Å². The summed E-state index contributed by atoms with van der Waals surface area (Å²) in [6.07, 6.45) is -11.0. The molecule has 6 rings (SSSR count). The number of anilines is 1. The minimum atomic E-state index is -3.10. The van der Waals surface area contributed by atoms with E-state index in [4.69, 9.17) is 25.7 Å². The fourth-order valence-electron chi connectivity index (χ4n) is 5.06. The lowest BCUT2D eigenvalue weighted by molar-refractivity contribution is -0.436. The summed E-state index contributed by atoms with van der Waals surface area (Å²) in [4.78, 5) is 59.5. The normalized spacial score (nSPS) is 36.4. The zero-order valence-corrected chi connectivity index (χ0v) is 20.9. The number of aliphatic hydroxyl groups excluding tert-OH is 6. The van der Waals surface area contributed by atoms with Crippen molar-refractivity contribution in [3.05, 3.63) is 16.7 Å². The van der Waals surface area contributed by atoms with Crippen molar-refractivity contribution in [2.75, 3.05) is 18.9 Å². The first-order valence-electron chi connectivity index (χ1n) is 12.0. The van der Waals surface area contributed by atoms with E-state index in [2.05, 4.69) is 29.9 Å². The molecule has 2 aromatic rings. The third kappa shape index (κ3) is 3.65. The van der Waals surface area contributed by atoms with Gasteiger partial charge in [0.1, 0.15) is 30.7 Å². The number of aliphatic hydroxyl groups is 6. The van der Waals surface area contributed by atoms with Crippen LogP contribution < -0.4 is 17.0 Å². The Bertz CT molecular complexity index is 1650. The van der Waals surface area contributed by atoms with Gasteiger partial charge in [-0.2, -0.15) is 20.0 Å². The van der Waals surface area contributed by atoms with Gasteiger partial charge in [0.05, 0.1) is 13.2 Å². The van der Waals surface area contributed by atoms with Gasteiger partial charge >= 0.3 is 11.9 Å². The van der Waals surface area contributed by atoms with E-state index >= 15 is 0 Å². The monoisotopic (exact) mass is 594 g/mol. The highest BCUT2D eigenvalue weighted by molar-refractivity contribution is 6.72. The molecule has 0 aliphatic carbocycles. The minimum Gasteiger partial charge on any atom is -0.394 e. The molecular formula is C20H22N10O12. The van der Waals surface area contributed by atoms with Crippen LogP contribution in [0.4, 0.5) is 10.7 Å². The number of fused-ring (bicyclic) bond motifs is 2. The molecular weight excluding hydrogens is 572 g/mol. The number of amides is 3. The second kappa shape index (κ2) is 9.38. The number of nitrogens with two attached hydrogens (primary N) is 2. The van der Waals surface area contributed by atoms with E-state index in [1.54, 1.807) is 0 Å². The highest BCUT2D eigenvalue weighted by Gasteiger charge is 2.70. The number of nitrogens with one attached hydrogen (secondary N) is 1. The van der Waals surface area contributed by atoms with Crippen LogP contribution in [0.2, 0.25) is 0 Å². The zero-order valence-electron chi connectivity index (χ0n) is 20.9. The number of carbonyl (C=O) groups excluding carboxylic acids is 2. The summed E-state index contributed by atoms with van der Waals surface area (Å²) in [6, 6.07) is -1.37. The number of carbonyl (C=O) groups is 2. The van der Waals surface area contributed by atoms with Gasteiger partial charge < -0.3 is 51.6 Å². The van der Waals surface area contributed by atoms with Gasteiger partial charge in [-0.1, -0.05) is 0 Å². The number of rotatable bonds is 6. The van der Waals surface area contributed by atoms with E-state index in [1.807, 2.05) is 0 Å². The average molecular weight is 594 g/mol. The number of H-pyrrole nitrogens is 1. The van der Waals surface area contributed by atoms with Gasteiger partial charge in [-0.15, -0.1) is 0 Å². The van der Waals surface area contributed by atoms with E-state index in [-0.39, 0.29) is 5.52 Å². The lowest BCUT2D eigenvalue weighted by atomic mass is 10.1. The van der Waals surface area contributed by atoms with Gasteiger partial charge in [0.25, 0.3) is 17.4 Å². The fraction of sp³-hybridized carbons (Fsp3) is 0.500. The standard InChI is InChI=1S/C20H22N10O12/c21-16-25-12-6(14(37)27-16)23-3-29(12)19(10(35)8(33)4(1-31)40-19)42-20(11(36)9(34)5(2-32)41-20)30-13-7(24-18(30)39)15(38)28-17(22)26-13/h3-5,8-11,31-36H,1-2H2,(H2,22,28,38)(H3,21,25,27,37)/t4-,5-,8-,9-,10-,11?,19+,20+/m1/s1. The first-order chi connectivity index (χ1) is 19.9. The number of aromatic amines is 1. The number of hydrogen-bond acceptors (Lipinski definition) is 17. The van der Waals surface area contributed by atoms with Gasteiger partial charge in [0.15, 0.2) is 34.9 Å². The number of hydrogen-bond donors (Lipinski definition) is 9. The molecule has 6 heterocycles. The molecule has 2 fully saturated rings. The Morgan fingerprint density at radius 1 is 0.952 bits per heavy atom. The molecule has 224 valence electrons. The Kier molecular flexibility index (Phi) is 6.23. The molecule has 8 atom stereocenters. The first kappa shape index (κ1) is 27.9. The Morgan fingerprint density at radius 2 is 1.57 bits per heavy atom. The number of amidine groups is 1. The van der Waals surface area contributed by atoms with E-state index in [0.717, 1.165) is 10.9 Å². The lowest BCUT2D eigenvalue weighted by Crippen LogP contribution is -2.67. The van der Waals surface area contributed by atoms with E-state index in [0.29, 0.717) is 4.90 Å². The maximum atomic E-state index is 13.3. The van der Waals surface area contributed by atoms with Crippen LogP contribution >= 0.6 is 0 Å². The Labute approximate surface area is 230 Å². The van der Waals surface area contributed by atoms with Crippen LogP contribution in [0.25, 0.3) is 11.2 Å². The van der Waals surface area contributed by atoms with Crippen molar-refractivity contribution < 1.29 is 54.4 Å². The van der Waals surface area contributed by atoms with Gasteiger partial charge in [-0.3, -0.25) is 23.9 Å². The Morgan fingerprint density at radius 3 is 2.19 bits per heavy atom. The molecule has 0 aromatic carbocycles. The molecule has 2 aromatic heterocycles. The molecule has 0 saturated carbocycles. The second-order valence-corrected chi connectivity index (χ2v) is 9.44. The average Bonchev–Trinajstić information content (AvgIpc) is 3.64. The number of nitrogens with zero attached hydrogens (tertiary/aromatic N) is 7. The molecule has 0 radical (unpaired) electrons. The molecule has 4 aliphatic rings. The molecule has 11 N–H and O–H groups in total. The second-order valence-electron chi connectivity index (χ2n) is 9.44. The predicted octanol–water partition coefficient (Wildman–Crippen LogP) is -6.66. The van der Waals surface area contributed by atoms with Crippen LogP contribution in [-0.4, -0.2) is 140 Å². The van der Waals surface area contributed by atoms with Crippen molar-refractivity contribution in [3.63, 3.8) is 0 Å². The summed E-state index contributed by atoms with van der Waals surface area (Å²) in [5, 5.41) is 63.9. The van der Waals surface area contributed by atoms with Gasteiger partial charge in [0, 0.05) is 0 Å². The van der Waals surface area contributed by atoms with Gasteiger partial charge in [-0.25, -0.2) is 14.7 Å². The lowest BCUT2D eigenvalue weighted by Gasteiger charge is -2.45. The fourth-order valence-corrected chi connectivity index (χ4v) is 5.06. The minimum absolute atomic E-state index is 0.357. The third-order valence-corrected chi connectivity index (χ3v) is 6.98. The Balaban J connectivity index is 1.60. The summed E-state index contributed by atoms with van der Waals surface area (Å²) in [5.74, 6) is -8.87. The largest absolute Gasteiger partial charge is 0.394 e. The summed E-state index contributed by atoms with van der Waals surface area (Å²) >= 11 is 0. The number of imidazole rings is 1. The molecule has 22 nitrogen and oxygen atoms in total. The van der Waals surface area contributed by atoms with E-state index in [9.17, 15) is 45.0 Å². The van der Waals surface area contributed by atoms with Crippen LogP contribution in [0, 0.1) is 0 Å². The van der Waals surface area contributed by atoms with Crippen molar-refractivity contribution in [3.8, 4) is 0 Å².